The Hall–Kier alpha value is -2.03. The zero-order chi connectivity index (χ0) is 42.8. The second kappa shape index (κ2) is 40.4. The predicted octanol–water partition coefficient (Wildman–Crippen LogP) is 12.8. The lowest BCUT2D eigenvalue weighted by Crippen LogP contribution is -2.37. The number of carbonyl (C=O) groups excluding carboxylic acids is 2. The van der Waals surface area contributed by atoms with Gasteiger partial charge in [-0.3, -0.25) is 14.2 Å². The third kappa shape index (κ3) is 43.5. The average Bonchev–Trinajstić information content (AvgIpc) is 3.17. The van der Waals surface area contributed by atoms with Gasteiger partial charge in [-0.15, -0.1) is 0 Å². The number of rotatable bonds is 42. The molecule has 0 radical (unpaired) electrons. The Balaban J connectivity index is 4.29. The summed E-state index contributed by atoms with van der Waals surface area (Å²) in [6.07, 6.45) is 47.3. The Morgan fingerprint density at radius 3 is 1.52 bits per heavy atom. The molecule has 0 rings (SSSR count). The number of phosphoric acid groups is 1. The van der Waals surface area contributed by atoms with E-state index >= 15 is 0 Å². The van der Waals surface area contributed by atoms with E-state index in [1.165, 1.54) is 116 Å². The fraction of sp³-hybridized carbons (Fsp3) is 0.792. The fourth-order valence-corrected chi connectivity index (χ4v) is 6.94. The van der Waals surface area contributed by atoms with Gasteiger partial charge in [0.2, 0.25) is 0 Å². The molecule has 0 amide bonds. The van der Waals surface area contributed by atoms with E-state index in [0.29, 0.717) is 17.4 Å². The molecule has 0 spiro atoms. The van der Waals surface area contributed by atoms with Gasteiger partial charge in [-0.25, -0.2) is 0 Å². The molecule has 0 bridgehead atoms. The van der Waals surface area contributed by atoms with Crippen molar-refractivity contribution >= 4 is 19.8 Å². The minimum atomic E-state index is -4.64. The van der Waals surface area contributed by atoms with Crippen molar-refractivity contribution in [1.82, 2.24) is 0 Å². The third-order valence-corrected chi connectivity index (χ3v) is 10.8. The van der Waals surface area contributed by atoms with Gasteiger partial charge >= 0.3 is 11.9 Å². The van der Waals surface area contributed by atoms with Crippen molar-refractivity contribution < 1.29 is 42.1 Å². The highest BCUT2D eigenvalue weighted by atomic mass is 31.2. The number of quaternary nitrogens is 1. The molecule has 0 saturated heterocycles. The van der Waals surface area contributed by atoms with E-state index in [0.717, 1.165) is 44.9 Å². The highest BCUT2D eigenvalue weighted by molar-refractivity contribution is 7.45. The number of allylic oxidation sites excluding steroid dienone is 8. The van der Waals surface area contributed by atoms with Gasteiger partial charge in [0.05, 0.1) is 27.7 Å². The molecule has 0 aliphatic rings. The van der Waals surface area contributed by atoms with Gasteiger partial charge in [0.1, 0.15) is 19.8 Å². The van der Waals surface area contributed by atoms with Crippen LogP contribution in [0.2, 0.25) is 0 Å². The number of hydrogen-bond acceptors (Lipinski definition) is 8. The van der Waals surface area contributed by atoms with Gasteiger partial charge in [-0.05, 0) is 57.8 Å². The molecule has 2 atom stereocenters. The Kier molecular flexibility index (Phi) is 39.0. The predicted molar refractivity (Wildman–Crippen MR) is 240 cm³/mol. The maximum absolute atomic E-state index is 12.6. The molecule has 0 N–H and O–H groups in total. The average molecular weight is 838 g/mol. The second-order valence-electron chi connectivity index (χ2n) is 16.7. The summed E-state index contributed by atoms with van der Waals surface area (Å²) >= 11 is 0. The van der Waals surface area contributed by atoms with Crippen LogP contribution in [0.5, 0.6) is 0 Å². The Bertz CT molecular complexity index is 1130. The van der Waals surface area contributed by atoms with Gasteiger partial charge < -0.3 is 27.9 Å². The molecule has 0 aromatic heterocycles. The lowest BCUT2D eigenvalue weighted by atomic mass is 10.0. The number of likely N-dealkylation sites (N-methyl/N-ethyl adjacent to an activating group) is 1. The van der Waals surface area contributed by atoms with Crippen LogP contribution < -0.4 is 4.89 Å². The quantitative estimate of drug-likeness (QED) is 0.0196. The van der Waals surface area contributed by atoms with E-state index in [1.54, 1.807) is 0 Å². The van der Waals surface area contributed by atoms with Gasteiger partial charge in [-0.2, -0.15) is 0 Å². The van der Waals surface area contributed by atoms with Crippen molar-refractivity contribution in [3.63, 3.8) is 0 Å². The molecule has 58 heavy (non-hydrogen) atoms. The Labute approximate surface area is 356 Å². The van der Waals surface area contributed by atoms with E-state index in [2.05, 4.69) is 50.3 Å². The summed E-state index contributed by atoms with van der Waals surface area (Å²) in [7, 11) is 1.13. The van der Waals surface area contributed by atoms with Crippen molar-refractivity contribution in [2.24, 2.45) is 0 Å². The summed E-state index contributed by atoms with van der Waals surface area (Å²) in [5.74, 6) is -0.911. The van der Waals surface area contributed by atoms with Crippen molar-refractivity contribution in [2.45, 2.75) is 200 Å². The molecule has 0 aliphatic heterocycles. The van der Waals surface area contributed by atoms with Crippen molar-refractivity contribution in [2.75, 3.05) is 47.5 Å². The normalized spacial score (nSPS) is 14.0. The maximum Gasteiger partial charge on any atom is 0.306 e. The van der Waals surface area contributed by atoms with Crippen molar-refractivity contribution in [3.05, 3.63) is 48.6 Å². The number of ether oxygens (including phenoxy) is 2. The first-order valence-electron chi connectivity index (χ1n) is 23.3. The summed E-state index contributed by atoms with van der Waals surface area (Å²) in [5.41, 5.74) is 0. The SMILES string of the molecule is CC/C=C/C/C=C/CCCCCCCCCCCCCCCCC(=O)OCC(COP(=O)([O-])OCC[N+](C)(C)C)OC(=O)CC/C=C/C/C=C/CCCCCCCC. The lowest BCUT2D eigenvalue weighted by molar-refractivity contribution is -0.870. The summed E-state index contributed by atoms with van der Waals surface area (Å²) in [4.78, 5) is 37.5. The first-order valence-corrected chi connectivity index (χ1v) is 24.8. The molecular formula is C48H88NO8P. The number of esters is 2. The van der Waals surface area contributed by atoms with Crippen LogP contribution in [-0.4, -0.2) is 70.0 Å². The van der Waals surface area contributed by atoms with E-state index < -0.39 is 32.5 Å². The van der Waals surface area contributed by atoms with Crippen LogP contribution in [0.15, 0.2) is 48.6 Å². The van der Waals surface area contributed by atoms with Crippen LogP contribution in [0.25, 0.3) is 0 Å². The molecule has 10 heteroatoms. The van der Waals surface area contributed by atoms with Crippen LogP contribution in [0.3, 0.4) is 0 Å². The molecule has 0 aromatic rings. The van der Waals surface area contributed by atoms with Crippen LogP contribution in [0.1, 0.15) is 194 Å². The summed E-state index contributed by atoms with van der Waals surface area (Å²) < 4.78 is 33.8. The Morgan fingerprint density at radius 1 is 0.552 bits per heavy atom. The van der Waals surface area contributed by atoms with Crippen molar-refractivity contribution in [3.8, 4) is 0 Å². The second-order valence-corrected chi connectivity index (χ2v) is 18.1. The molecular weight excluding hydrogens is 750 g/mol. The molecule has 9 nitrogen and oxygen atoms in total. The molecule has 0 heterocycles. The summed E-state index contributed by atoms with van der Waals surface area (Å²) in [6.45, 7) is 4.06. The number of hydrogen-bond donors (Lipinski definition) is 0. The monoisotopic (exact) mass is 838 g/mol. The zero-order valence-electron chi connectivity index (χ0n) is 38.0. The minimum Gasteiger partial charge on any atom is -0.756 e. The largest absolute Gasteiger partial charge is 0.756 e. The number of nitrogens with zero attached hydrogens (tertiary/aromatic N) is 1. The number of carbonyl (C=O) groups is 2. The van der Waals surface area contributed by atoms with Gasteiger partial charge in [0, 0.05) is 12.8 Å². The van der Waals surface area contributed by atoms with E-state index in [4.69, 9.17) is 18.5 Å². The topological polar surface area (TPSA) is 111 Å². The number of phosphoric ester groups is 1. The van der Waals surface area contributed by atoms with Crippen LogP contribution in [-0.2, 0) is 32.7 Å². The standard InChI is InChI=1S/C48H88NO8P/c1-6-8-10-12-14-16-18-20-21-22-23-24-25-26-27-29-30-32-34-36-38-40-47(50)54-44-46(45-56-58(52,53)55-43-42-49(3,4)5)57-48(51)41-39-37-35-33-31-28-19-17-15-13-11-9-7-2/h8,10,14,16,28,31,35,37,46H,6-7,9,11-13,15,17-27,29-30,32-34,36,38-45H2,1-5H3/b10-8+,16-14+,31-28+,37-35+. The number of unbranched alkanes of at least 4 members (excludes halogenated alkanes) is 20. The van der Waals surface area contributed by atoms with Gasteiger partial charge in [-0.1, -0.05) is 172 Å². The summed E-state index contributed by atoms with van der Waals surface area (Å²) in [5, 5.41) is 0. The fourth-order valence-electron chi connectivity index (χ4n) is 6.22. The molecule has 0 aliphatic carbocycles. The molecule has 0 saturated carbocycles. The first-order chi connectivity index (χ1) is 28.0. The van der Waals surface area contributed by atoms with Crippen LogP contribution >= 0.6 is 7.82 Å². The lowest BCUT2D eigenvalue weighted by Gasteiger charge is -2.28. The molecule has 338 valence electrons. The maximum atomic E-state index is 12.6. The van der Waals surface area contributed by atoms with E-state index in [9.17, 15) is 19.0 Å². The third-order valence-electron chi connectivity index (χ3n) is 9.85. The Morgan fingerprint density at radius 2 is 1.02 bits per heavy atom. The highest BCUT2D eigenvalue weighted by Gasteiger charge is 2.21. The van der Waals surface area contributed by atoms with Crippen LogP contribution in [0.4, 0.5) is 0 Å². The highest BCUT2D eigenvalue weighted by Crippen LogP contribution is 2.38. The molecule has 0 aromatic carbocycles. The molecule has 2 unspecified atom stereocenters. The summed E-state index contributed by atoms with van der Waals surface area (Å²) in [6, 6.07) is 0. The smallest absolute Gasteiger partial charge is 0.306 e. The van der Waals surface area contributed by atoms with Gasteiger partial charge in [0.15, 0.2) is 6.10 Å². The van der Waals surface area contributed by atoms with Crippen LogP contribution in [0, 0.1) is 0 Å². The van der Waals surface area contributed by atoms with E-state index in [-0.39, 0.29) is 26.1 Å². The molecule has 0 fully saturated rings. The van der Waals surface area contributed by atoms with Gasteiger partial charge in [0.25, 0.3) is 7.82 Å². The minimum absolute atomic E-state index is 0.0405. The van der Waals surface area contributed by atoms with Crippen molar-refractivity contribution in [1.29, 1.82) is 0 Å². The van der Waals surface area contributed by atoms with E-state index in [1.807, 2.05) is 33.3 Å². The first kappa shape index (κ1) is 56.0. The zero-order valence-corrected chi connectivity index (χ0v) is 38.9.